The van der Waals surface area contributed by atoms with Gasteiger partial charge in [-0.05, 0) is 0 Å². The van der Waals surface area contributed by atoms with Crippen molar-refractivity contribution in [3.8, 4) is 0 Å². The van der Waals surface area contributed by atoms with Crippen LogP contribution in [0.15, 0.2) is 0 Å². The molecule has 0 N–H and O–H groups in total. The van der Waals surface area contributed by atoms with E-state index in [2.05, 4.69) is 69.2 Å². The molecule has 0 spiro atoms. The lowest BCUT2D eigenvalue weighted by molar-refractivity contribution is 0.526. The van der Waals surface area contributed by atoms with Gasteiger partial charge < -0.3 is 0 Å². The van der Waals surface area contributed by atoms with Gasteiger partial charge in [0.1, 0.15) is 0 Å². The highest BCUT2D eigenvalue weighted by atomic mass is 14.0. The summed E-state index contributed by atoms with van der Waals surface area (Å²) in [5.41, 5.74) is 0. The van der Waals surface area contributed by atoms with Crippen LogP contribution in [0.1, 0.15) is 390 Å². The van der Waals surface area contributed by atoms with E-state index < -0.39 is 0 Å². The van der Waals surface area contributed by atoms with E-state index in [1.54, 1.807) is 0 Å². The van der Waals surface area contributed by atoms with E-state index in [0.717, 1.165) is 0 Å². The summed E-state index contributed by atoms with van der Waals surface area (Å²) >= 11 is 0. The van der Waals surface area contributed by atoms with E-state index in [4.69, 9.17) is 0 Å². The molecule has 0 aliphatic carbocycles. The van der Waals surface area contributed by atoms with Gasteiger partial charge in [0.25, 0.3) is 0 Å². The lowest BCUT2D eigenvalue weighted by Crippen LogP contribution is -1.83. The molecular formula is C60H130. The summed E-state index contributed by atoms with van der Waals surface area (Å²) in [5, 5.41) is 0. The zero-order chi connectivity index (χ0) is 45.4. The second kappa shape index (κ2) is 79.4. The molecule has 0 rings (SSSR count). The average Bonchev–Trinajstić information content (AvgIpc) is 3.26. The molecule has 0 saturated carbocycles. The zero-order valence-corrected chi connectivity index (χ0v) is 45.4. The first-order chi connectivity index (χ1) is 29.6. The zero-order valence-electron chi connectivity index (χ0n) is 45.4. The molecule has 0 saturated heterocycles. The highest BCUT2D eigenvalue weighted by Crippen LogP contribution is 2.15. The van der Waals surface area contributed by atoms with Gasteiger partial charge >= 0.3 is 0 Å². The average molecular weight is 852 g/mol. The van der Waals surface area contributed by atoms with Gasteiger partial charge in [0.15, 0.2) is 0 Å². The van der Waals surface area contributed by atoms with E-state index in [1.165, 1.54) is 321 Å². The molecule has 0 heterocycles. The van der Waals surface area contributed by atoms with E-state index in [-0.39, 0.29) is 0 Å². The van der Waals surface area contributed by atoms with Gasteiger partial charge in [-0.3, -0.25) is 0 Å². The van der Waals surface area contributed by atoms with Crippen LogP contribution in [0.3, 0.4) is 0 Å². The molecule has 0 amide bonds. The molecule has 0 fully saturated rings. The summed E-state index contributed by atoms with van der Waals surface area (Å²) in [7, 11) is 0. The van der Waals surface area contributed by atoms with Crippen molar-refractivity contribution >= 4 is 0 Å². The maximum Gasteiger partial charge on any atom is -0.0533 e. The standard InChI is InChI=1S/C20H42.4C10H22/c1-3-5-7-9-11-13-15-17-19-20-18-16-14-12-10-8-6-4-2;4*1-3-5-7-9-10-8-6-4-2/h3-20H2,1-2H3;4*3-10H2,1-2H3. The SMILES string of the molecule is CCCCCCCCCC.CCCCCCCCCC.CCCCCCCCCC.CCCCCCCCCC.CCCCCCCCCCCCCCCCCCCC. The molecule has 0 nitrogen and oxygen atoms in total. The minimum atomic E-state index is 1.37. The lowest BCUT2D eigenvalue weighted by Gasteiger charge is -2.03. The second-order valence-corrected chi connectivity index (χ2v) is 19.1. The Hall–Kier alpha value is 0. The fourth-order valence-electron chi connectivity index (χ4n) is 7.80. The van der Waals surface area contributed by atoms with Crippen LogP contribution in [0.4, 0.5) is 0 Å². The molecule has 370 valence electrons. The molecule has 60 heavy (non-hydrogen) atoms. The summed E-state index contributed by atoms with van der Waals surface area (Å²) in [5.74, 6) is 0. The van der Waals surface area contributed by atoms with E-state index in [9.17, 15) is 0 Å². The van der Waals surface area contributed by atoms with Crippen LogP contribution in [0.5, 0.6) is 0 Å². The van der Waals surface area contributed by atoms with Gasteiger partial charge in [0.2, 0.25) is 0 Å². The van der Waals surface area contributed by atoms with Crippen LogP contribution < -0.4 is 0 Å². The highest BCUT2D eigenvalue weighted by molar-refractivity contribution is 4.51. The molecule has 0 aromatic carbocycles. The van der Waals surface area contributed by atoms with Crippen molar-refractivity contribution in [3.05, 3.63) is 0 Å². The molecule has 0 unspecified atom stereocenters. The fraction of sp³-hybridized carbons (Fsp3) is 1.00. The third-order valence-electron chi connectivity index (χ3n) is 12.3. The third kappa shape index (κ3) is 93.1. The monoisotopic (exact) mass is 851 g/mol. The highest BCUT2D eigenvalue weighted by Gasteiger charge is 1.95. The van der Waals surface area contributed by atoms with E-state index >= 15 is 0 Å². The number of hydrogen-bond donors (Lipinski definition) is 0. The Morgan fingerprint density at radius 1 is 0.0833 bits per heavy atom. The quantitative estimate of drug-likeness (QED) is 0.0536. The Kier molecular flexibility index (Phi) is 91.4. The first-order valence-corrected chi connectivity index (χ1v) is 29.6. The summed E-state index contributed by atoms with van der Waals surface area (Å²) in [6.45, 7) is 22.8. The van der Waals surface area contributed by atoms with Crippen LogP contribution in [-0.4, -0.2) is 0 Å². The molecule has 0 heteroatoms. The van der Waals surface area contributed by atoms with Gasteiger partial charge in [-0.2, -0.15) is 0 Å². The van der Waals surface area contributed by atoms with Gasteiger partial charge in [-0.15, -0.1) is 0 Å². The molecule has 0 aliphatic rings. The summed E-state index contributed by atoms with van der Waals surface area (Å²) in [6.07, 6.45) is 72.2. The molecule has 0 aromatic heterocycles. The normalized spacial score (nSPS) is 10.5. The maximum atomic E-state index is 2.30. The smallest absolute Gasteiger partial charge is 0.0533 e. The second-order valence-electron chi connectivity index (χ2n) is 19.1. The molecule has 0 aromatic rings. The molecular weight excluding hydrogens is 721 g/mol. The van der Waals surface area contributed by atoms with Gasteiger partial charge in [0.05, 0.1) is 0 Å². The summed E-state index contributed by atoms with van der Waals surface area (Å²) in [4.78, 5) is 0. The number of unbranched alkanes of at least 4 members (excludes halogenated alkanes) is 45. The number of rotatable bonds is 45. The minimum absolute atomic E-state index is 1.37. The van der Waals surface area contributed by atoms with Crippen molar-refractivity contribution in [3.63, 3.8) is 0 Å². The van der Waals surface area contributed by atoms with Crippen molar-refractivity contribution in [2.75, 3.05) is 0 Å². The van der Waals surface area contributed by atoms with Crippen molar-refractivity contribution in [1.29, 1.82) is 0 Å². The molecule has 0 aliphatic heterocycles. The predicted octanol–water partition coefficient (Wildman–Crippen LogP) is 24.6. The summed E-state index contributed by atoms with van der Waals surface area (Å²) in [6, 6.07) is 0. The predicted molar refractivity (Wildman–Crippen MR) is 288 cm³/mol. The summed E-state index contributed by atoms with van der Waals surface area (Å²) < 4.78 is 0. The van der Waals surface area contributed by atoms with Crippen LogP contribution in [-0.2, 0) is 0 Å². The fourth-order valence-corrected chi connectivity index (χ4v) is 7.80. The molecule has 0 bridgehead atoms. The Morgan fingerprint density at radius 3 is 0.183 bits per heavy atom. The van der Waals surface area contributed by atoms with Crippen LogP contribution in [0.25, 0.3) is 0 Å². The van der Waals surface area contributed by atoms with Crippen LogP contribution in [0.2, 0.25) is 0 Å². The van der Waals surface area contributed by atoms with Crippen molar-refractivity contribution < 1.29 is 0 Å². The van der Waals surface area contributed by atoms with Crippen LogP contribution >= 0.6 is 0 Å². The molecule has 0 atom stereocenters. The lowest BCUT2D eigenvalue weighted by atomic mass is 10.0. The Bertz CT molecular complexity index is 450. The largest absolute Gasteiger partial charge is 0.0654 e. The van der Waals surface area contributed by atoms with Crippen LogP contribution in [0, 0.1) is 0 Å². The third-order valence-corrected chi connectivity index (χ3v) is 12.3. The van der Waals surface area contributed by atoms with Crippen molar-refractivity contribution in [2.24, 2.45) is 0 Å². The first kappa shape index (κ1) is 69.0. The first-order valence-electron chi connectivity index (χ1n) is 29.6. The van der Waals surface area contributed by atoms with Gasteiger partial charge in [-0.1, -0.05) is 390 Å². The van der Waals surface area contributed by atoms with Crippen molar-refractivity contribution in [2.45, 2.75) is 390 Å². The van der Waals surface area contributed by atoms with E-state index in [1.807, 2.05) is 0 Å². The minimum Gasteiger partial charge on any atom is -0.0654 e. The van der Waals surface area contributed by atoms with E-state index in [0.29, 0.717) is 0 Å². The Balaban J connectivity index is -0.000000219. The van der Waals surface area contributed by atoms with Crippen molar-refractivity contribution in [1.82, 2.24) is 0 Å². The van der Waals surface area contributed by atoms with Gasteiger partial charge in [-0.25, -0.2) is 0 Å². The Morgan fingerprint density at radius 2 is 0.133 bits per heavy atom. The topological polar surface area (TPSA) is 0 Å². The Labute approximate surface area is 388 Å². The molecule has 0 radical (unpaired) electrons. The number of hydrogen-bond acceptors (Lipinski definition) is 0. The maximum absolute atomic E-state index is 2.30. The van der Waals surface area contributed by atoms with Gasteiger partial charge in [0, 0.05) is 0 Å².